The number of fused-ring (bicyclic) bond motifs is 1. The van der Waals surface area contributed by atoms with E-state index in [9.17, 15) is 9.59 Å². The van der Waals surface area contributed by atoms with Crippen LogP contribution >= 0.6 is 15.9 Å². The van der Waals surface area contributed by atoms with Gasteiger partial charge in [0.2, 0.25) is 5.78 Å². The third-order valence-electron chi connectivity index (χ3n) is 5.39. The van der Waals surface area contributed by atoms with Crippen LogP contribution in [0.3, 0.4) is 0 Å². The van der Waals surface area contributed by atoms with E-state index in [-0.39, 0.29) is 6.04 Å². The minimum Gasteiger partial charge on any atom is -0.363 e. The van der Waals surface area contributed by atoms with Crippen LogP contribution in [-0.2, 0) is 29.1 Å². The number of imidazole rings is 1. The fourth-order valence-corrected chi connectivity index (χ4v) is 4.39. The van der Waals surface area contributed by atoms with Gasteiger partial charge in [-0.25, -0.2) is 4.98 Å². The molecule has 4 rings (SSSR count). The minimum absolute atomic E-state index is 0.141. The fourth-order valence-electron chi connectivity index (χ4n) is 3.98. The first-order valence-corrected chi connectivity index (χ1v) is 10.7. The van der Waals surface area contributed by atoms with Crippen LogP contribution in [0.25, 0.3) is 0 Å². The standard InChI is InChI=1S/C23H23BrN4O2/c1-16(29)23(30)28-12-18-10-19(24)7-8-22(18)27(13-20-11-25-15-26-20)14-21(28)9-17-5-3-2-4-6-17/h2-8,10-11,15,21H,9,12-14H2,1H3,(H,25,26). The van der Waals surface area contributed by atoms with Crippen molar-refractivity contribution in [2.24, 2.45) is 0 Å². The lowest BCUT2D eigenvalue weighted by Gasteiger charge is -2.32. The molecule has 1 amide bonds. The van der Waals surface area contributed by atoms with E-state index in [0.29, 0.717) is 26.1 Å². The van der Waals surface area contributed by atoms with Gasteiger partial charge < -0.3 is 14.8 Å². The molecule has 0 fully saturated rings. The molecule has 7 heteroatoms. The predicted octanol–water partition coefficient (Wildman–Crippen LogP) is 3.72. The van der Waals surface area contributed by atoms with Crippen LogP contribution in [-0.4, -0.2) is 39.1 Å². The number of H-pyrrole nitrogens is 1. The lowest BCUT2D eigenvalue weighted by atomic mass is 10.0. The number of hydrogen-bond donors (Lipinski definition) is 1. The highest BCUT2D eigenvalue weighted by Gasteiger charge is 2.33. The highest BCUT2D eigenvalue weighted by molar-refractivity contribution is 9.10. The molecule has 1 unspecified atom stereocenters. The molecule has 0 saturated carbocycles. The molecule has 30 heavy (non-hydrogen) atoms. The van der Waals surface area contributed by atoms with Gasteiger partial charge in [0.1, 0.15) is 0 Å². The van der Waals surface area contributed by atoms with Crippen molar-refractivity contribution in [3.8, 4) is 0 Å². The van der Waals surface area contributed by atoms with E-state index in [2.05, 4.69) is 49.0 Å². The molecule has 2 aromatic carbocycles. The summed E-state index contributed by atoms with van der Waals surface area (Å²) in [7, 11) is 0. The van der Waals surface area contributed by atoms with E-state index in [1.54, 1.807) is 11.2 Å². The van der Waals surface area contributed by atoms with Gasteiger partial charge in [-0.2, -0.15) is 0 Å². The zero-order valence-corrected chi connectivity index (χ0v) is 18.3. The number of hydrogen-bond acceptors (Lipinski definition) is 4. The average Bonchev–Trinajstić information content (AvgIpc) is 3.19. The summed E-state index contributed by atoms with van der Waals surface area (Å²) < 4.78 is 0.944. The Kier molecular flexibility index (Phi) is 5.99. The molecule has 3 aromatic rings. The van der Waals surface area contributed by atoms with E-state index in [1.165, 1.54) is 6.92 Å². The molecule has 0 bridgehead atoms. The van der Waals surface area contributed by atoms with E-state index >= 15 is 0 Å². The Morgan fingerprint density at radius 1 is 1.20 bits per heavy atom. The molecular formula is C23H23BrN4O2. The maximum absolute atomic E-state index is 12.9. The van der Waals surface area contributed by atoms with E-state index < -0.39 is 11.7 Å². The van der Waals surface area contributed by atoms with Crippen molar-refractivity contribution in [3.63, 3.8) is 0 Å². The van der Waals surface area contributed by atoms with Crippen LogP contribution in [0.4, 0.5) is 5.69 Å². The van der Waals surface area contributed by atoms with E-state index in [0.717, 1.165) is 27.0 Å². The molecule has 154 valence electrons. The van der Waals surface area contributed by atoms with E-state index in [4.69, 9.17) is 0 Å². The summed E-state index contributed by atoms with van der Waals surface area (Å²) in [6.07, 6.45) is 4.16. The van der Waals surface area contributed by atoms with Crippen molar-refractivity contribution >= 4 is 33.3 Å². The summed E-state index contributed by atoms with van der Waals surface area (Å²) >= 11 is 3.55. The molecule has 0 aliphatic carbocycles. The normalized spacial score (nSPS) is 16.1. The molecule has 0 saturated heterocycles. The molecule has 0 radical (unpaired) electrons. The largest absolute Gasteiger partial charge is 0.363 e. The lowest BCUT2D eigenvalue weighted by Crippen LogP contribution is -2.47. The Labute approximate surface area is 184 Å². The van der Waals surface area contributed by atoms with Crippen LogP contribution in [0.15, 0.2) is 65.5 Å². The summed E-state index contributed by atoms with van der Waals surface area (Å²) in [5.74, 6) is -0.878. The third-order valence-corrected chi connectivity index (χ3v) is 5.88. The number of ketones is 1. The first kappa shape index (κ1) is 20.3. The van der Waals surface area contributed by atoms with Gasteiger partial charge in [0.25, 0.3) is 5.91 Å². The molecule has 1 N–H and O–H groups in total. The van der Waals surface area contributed by atoms with Crippen LogP contribution in [0.2, 0.25) is 0 Å². The number of rotatable bonds is 5. The molecule has 1 aliphatic heterocycles. The number of carbonyl (C=O) groups excluding carboxylic acids is 2. The Morgan fingerprint density at radius 2 is 2.00 bits per heavy atom. The van der Waals surface area contributed by atoms with Gasteiger partial charge in [0.05, 0.1) is 24.6 Å². The summed E-state index contributed by atoms with van der Waals surface area (Å²) in [6.45, 7) is 2.99. The van der Waals surface area contributed by atoms with Crippen LogP contribution in [0.1, 0.15) is 23.7 Å². The number of anilines is 1. The second-order valence-corrected chi connectivity index (χ2v) is 8.48. The molecular weight excluding hydrogens is 444 g/mol. The fraction of sp³-hybridized carbons (Fsp3) is 0.261. The summed E-state index contributed by atoms with van der Waals surface area (Å²) in [4.78, 5) is 36.2. The van der Waals surface area contributed by atoms with Crippen LogP contribution in [0.5, 0.6) is 0 Å². The van der Waals surface area contributed by atoms with Gasteiger partial charge in [-0.1, -0.05) is 46.3 Å². The van der Waals surface area contributed by atoms with Crippen LogP contribution < -0.4 is 4.90 Å². The monoisotopic (exact) mass is 466 g/mol. The summed E-state index contributed by atoms with van der Waals surface area (Å²) in [5, 5.41) is 0. The van der Waals surface area contributed by atoms with Crippen molar-refractivity contribution in [3.05, 3.63) is 82.3 Å². The molecule has 1 aromatic heterocycles. The maximum atomic E-state index is 12.9. The molecule has 6 nitrogen and oxygen atoms in total. The molecule has 1 atom stereocenters. The number of amides is 1. The van der Waals surface area contributed by atoms with Gasteiger partial charge in [-0.05, 0) is 35.7 Å². The zero-order chi connectivity index (χ0) is 21.1. The van der Waals surface area contributed by atoms with E-state index in [1.807, 2.05) is 36.5 Å². The quantitative estimate of drug-likeness (QED) is 0.581. The van der Waals surface area contributed by atoms with Crippen LogP contribution in [0, 0.1) is 0 Å². The lowest BCUT2D eigenvalue weighted by molar-refractivity contribution is -0.145. The van der Waals surface area contributed by atoms with Crippen molar-refractivity contribution < 1.29 is 9.59 Å². The smallest absolute Gasteiger partial charge is 0.290 e. The number of benzene rings is 2. The second-order valence-electron chi connectivity index (χ2n) is 7.56. The highest BCUT2D eigenvalue weighted by atomic mass is 79.9. The van der Waals surface area contributed by atoms with Gasteiger partial charge in [-0.15, -0.1) is 0 Å². The number of aromatic nitrogens is 2. The van der Waals surface area contributed by atoms with Crippen molar-refractivity contribution in [1.29, 1.82) is 0 Å². The number of carbonyl (C=O) groups is 2. The summed E-state index contributed by atoms with van der Waals surface area (Å²) in [5.41, 5.74) is 4.20. The SMILES string of the molecule is CC(=O)C(=O)N1Cc2cc(Br)ccc2N(Cc2cnc[nH]2)CC1Cc1ccccc1. The number of nitrogens with one attached hydrogen (secondary N) is 1. The molecule has 2 heterocycles. The topological polar surface area (TPSA) is 69.3 Å². The highest BCUT2D eigenvalue weighted by Crippen LogP contribution is 2.32. The van der Waals surface area contributed by atoms with Gasteiger partial charge in [0.15, 0.2) is 0 Å². The summed E-state index contributed by atoms with van der Waals surface area (Å²) in [6, 6.07) is 16.1. The third kappa shape index (κ3) is 4.46. The molecule has 0 spiro atoms. The minimum atomic E-state index is -0.440. The Morgan fingerprint density at radius 3 is 2.70 bits per heavy atom. The Balaban J connectivity index is 1.74. The number of nitrogens with zero attached hydrogens (tertiary/aromatic N) is 3. The average molecular weight is 467 g/mol. The van der Waals surface area contributed by atoms with Gasteiger partial charge >= 0.3 is 0 Å². The van der Waals surface area contributed by atoms with Gasteiger partial charge in [-0.3, -0.25) is 9.59 Å². The van der Waals surface area contributed by atoms with Crippen molar-refractivity contribution in [2.45, 2.75) is 32.5 Å². The zero-order valence-electron chi connectivity index (χ0n) is 16.7. The first-order chi connectivity index (χ1) is 14.5. The van der Waals surface area contributed by atoms with Crippen molar-refractivity contribution in [1.82, 2.24) is 14.9 Å². The number of halogens is 1. The maximum Gasteiger partial charge on any atom is 0.290 e. The first-order valence-electron chi connectivity index (χ1n) is 9.87. The predicted molar refractivity (Wildman–Crippen MR) is 119 cm³/mol. The Bertz CT molecular complexity index is 1040. The number of Topliss-reactive ketones (excluding diaryl/α,β-unsaturated/α-hetero) is 1. The van der Waals surface area contributed by atoms with Crippen molar-refractivity contribution in [2.75, 3.05) is 11.4 Å². The number of aromatic amines is 1. The van der Waals surface area contributed by atoms with Gasteiger partial charge in [0, 0.05) is 36.4 Å². The Hall–Kier alpha value is -2.93. The second kappa shape index (κ2) is 8.83. The molecule has 1 aliphatic rings.